The normalized spacial score (nSPS) is 26.4. The number of ether oxygens (including phenoxy) is 1. The first-order valence-corrected chi connectivity index (χ1v) is 8.31. The zero-order valence-corrected chi connectivity index (χ0v) is 13.2. The summed E-state index contributed by atoms with van der Waals surface area (Å²) >= 11 is 3.30. The Balaban J connectivity index is 1.80. The van der Waals surface area contributed by atoms with E-state index < -0.39 is 0 Å². The molecule has 3 rings (SSSR count). The molecule has 0 aromatic heterocycles. The second kappa shape index (κ2) is 6.12. The molecule has 110 valence electrons. The van der Waals surface area contributed by atoms with Crippen molar-refractivity contribution in [3.05, 3.63) is 34.1 Å². The van der Waals surface area contributed by atoms with Crippen molar-refractivity contribution in [3.63, 3.8) is 0 Å². The van der Waals surface area contributed by atoms with Crippen molar-refractivity contribution in [1.29, 1.82) is 0 Å². The maximum Gasteiger partial charge on any atom is 0.130 e. The van der Waals surface area contributed by atoms with E-state index >= 15 is 0 Å². The van der Waals surface area contributed by atoms with Crippen LogP contribution < -0.4 is 5.32 Å². The number of hydrogen-bond donors (Lipinski definition) is 1. The minimum atomic E-state index is -0.183. The zero-order valence-electron chi connectivity index (χ0n) is 11.6. The van der Waals surface area contributed by atoms with Gasteiger partial charge in [0.05, 0.1) is 11.7 Å². The Morgan fingerprint density at radius 2 is 1.95 bits per heavy atom. The lowest BCUT2D eigenvalue weighted by Crippen LogP contribution is -2.50. The van der Waals surface area contributed by atoms with E-state index in [1.54, 1.807) is 0 Å². The van der Waals surface area contributed by atoms with Gasteiger partial charge < -0.3 is 10.1 Å². The van der Waals surface area contributed by atoms with Crippen LogP contribution in [-0.4, -0.2) is 18.7 Å². The van der Waals surface area contributed by atoms with E-state index in [1.165, 1.54) is 31.7 Å². The van der Waals surface area contributed by atoms with E-state index in [0.717, 1.165) is 23.9 Å². The average Bonchev–Trinajstić information content (AvgIpc) is 2.64. The molecule has 2 fully saturated rings. The van der Waals surface area contributed by atoms with Crippen molar-refractivity contribution in [2.45, 2.75) is 50.2 Å². The summed E-state index contributed by atoms with van der Waals surface area (Å²) in [6.07, 6.45) is 7.04. The predicted molar refractivity (Wildman–Crippen MR) is 81.2 cm³/mol. The smallest absolute Gasteiger partial charge is 0.130 e. The summed E-state index contributed by atoms with van der Waals surface area (Å²) in [5.74, 6) is -0.183. The van der Waals surface area contributed by atoms with Crippen LogP contribution in [0.3, 0.4) is 0 Å². The fourth-order valence-electron chi connectivity index (χ4n) is 3.42. The van der Waals surface area contributed by atoms with Gasteiger partial charge in [0, 0.05) is 23.1 Å². The molecule has 4 heteroatoms. The van der Waals surface area contributed by atoms with E-state index in [0.29, 0.717) is 12.1 Å². The number of benzene rings is 1. The van der Waals surface area contributed by atoms with Crippen LogP contribution in [0.1, 0.15) is 50.2 Å². The first-order valence-electron chi connectivity index (χ1n) is 7.52. The molecule has 0 bridgehead atoms. The molecule has 1 N–H and O–H groups in total. The van der Waals surface area contributed by atoms with Crippen molar-refractivity contribution >= 4 is 15.9 Å². The summed E-state index contributed by atoms with van der Waals surface area (Å²) in [4.78, 5) is 0. The summed E-state index contributed by atoms with van der Waals surface area (Å²) in [5.41, 5.74) is 0.586. The van der Waals surface area contributed by atoms with Crippen molar-refractivity contribution in [2.24, 2.45) is 0 Å². The van der Waals surface area contributed by atoms with Gasteiger partial charge >= 0.3 is 0 Å². The summed E-state index contributed by atoms with van der Waals surface area (Å²) in [5, 5.41) is 3.46. The van der Waals surface area contributed by atoms with Crippen LogP contribution in [0.25, 0.3) is 0 Å². The Kier molecular flexibility index (Phi) is 4.43. The quantitative estimate of drug-likeness (QED) is 0.820. The minimum absolute atomic E-state index is 0.0844. The van der Waals surface area contributed by atoms with Gasteiger partial charge in [0.2, 0.25) is 0 Å². The van der Waals surface area contributed by atoms with E-state index in [4.69, 9.17) is 4.74 Å². The van der Waals surface area contributed by atoms with Gasteiger partial charge in [-0.25, -0.2) is 4.39 Å². The van der Waals surface area contributed by atoms with E-state index in [9.17, 15) is 4.39 Å². The lowest BCUT2D eigenvalue weighted by atomic mass is 9.91. The molecule has 1 aliphatic heterocycles. The molecular weight excluding hydrogens is 321 g/mol. The SMILES string of the molecule is Fc1cc(Br)ccc1C1CNCC2(CCCCCC2)O1. The highest BCUT2D eigenvalue weighted by Gasteiger charge is 2.38. The van der Waals surface area contributed by atoms with Crippen molar-refractivity contribution < 1.29 is 9.13 Å². The topological polar surface area (TPSA) is 21.3 Å². The van der Waals surface area contributed by atoms with Gasteiger partial charge in [-0.1, -0.05) is 47.7 Å². The molecule has 20 heavy (non-hydrogen) atoms. The molecule has 1 atom stereocenters. The van der Waals surface area contributed by atoms with Crippen molar-refractivity contribution in [1.82, 2.24) is 5.32 Å². The first kappa shape index (κ1) is 14.5. The summed E-state index contributed by atoms with van der Waals surface area (Å²) in [6, 6.07) is 5.24. The summed E-state index contributed by atoms with van der Waals surface area (Å²) in [7, 11) is 0. The van der Waals surface area contributed by atoms with Crippen molar-refractivity contribution in [3.8, 4) is 0 Å². The van der Waals surface area contributed by atoms with Crippen LogP contribution in [0.5, 0.6) is 0 Å². The number of morpholine rings is 1. The van der Waals surface area contributed by atoms with Crippen molar-refractivity contribution in [2.75, 3.05) is 13.1 Å². The van der Waals surface area contributed by atoms with Crippen LogP contribution in [0.4, 0.5) is 4.39 Å². The van der Waals surface area contributed by atoms with Crippen LogP contribution >= 0.6 is 15.9 Å². The maximum atomic E-state index is 14.1. The predicted octanol–water partition coefficient (Wildman–Crippen LogP) is 4.34. The number of halogens is 2. The third-order valence-corrected chi connectivity index (χ3v) is 4.99. The fourth-order valence-corrected chi connectivity index (χ4v) is 3.75. The van der Waals surface area contributed by atoms with Gasteiger partial charge in [0.25, 0.3) is 0 Å². The van der Waals surface area contributed by atoms with Gasteiger partial charge in [-0.15, -0.1) is 0 Å². The third kappa shape index (κ3) is 3.07. The average molecular weight is 342 g/mol. The molecule has 0 radical (unpaired) electrons. The van der Waals surface area contributed by atoms with Gasteiger partial charge in [-0.05, 0) is 25.0 Å². The zero-order chi connectivity index (χ0) is 14.0. The molecule has 1 aromatic carbocycles. The highest BCUT2D eigenvalue weighted by molar-refractivity contribution is 9.10. The fraction of sp³-hybridized carbons (Fsp3) is 0.625. The number of rotatable bonds is 1. The molecule has 2 aliphatic rings. The van der Waals surface area contributed by atoms with Crippen LogP contribution in [0.2, 0.25) is 0 Å². The Morgan fingerprint density at radius 1 is 1.20 bits per heavy atom. The molecular formula is C16H21BrFNO. The standard InChI is InChI=1S/C16H21BrFNO/c17-12-5-6-13(14(18)9-12)15-10-19-11-16(20-15)7-3-1-2-4-8-16/h5-6,9,15,19H,1-4,7-8,10-11H2. The Hall–Kier alpha value is -0.450. The molecule has 1 saturated carbocycles. The maximum absolute atomic E-state index is 14.1. The summed E-state index contributed by atoms with van der Waals surface area (Å²) in [6.45, 7) is 1.60. The Labute approximate surface area is 128 Å². The molecule has 1 aromatic rings. The Bertz CT molecular complexity index is 472. The molecule has 1 spiro atoms. The third-order valence-electron chi connectivity index (χ3n) is 4.49. The van der Waals surface area contributed by atoms with Gasteiger partial charge in [0.1, 0.15) is 5.82 Å². The molecule has 1 unspecified atom stereocenters. The van der Waals surface area contributed by atoms with Crippen LogP contribution in [0.15, 0.2) is 22.7 Å². The largest absolute Gasteiger partial charge is 0.364 e. The highest BCUT2D eigenvalue weighted by atomic mass is 79.9. The number of hydrogen-bond acceptors (Lipinski definition) is 2. The number of nitrogens with one attached hydrogen (secondary N) is 1. The van der Waals surface area contributed by atoms with Crippen LogP contribution in [-0.2, 0) is 4.74 Å². The van der Waals surface area contributed by atoms with E-state index in [1.807, 2.05) is 12.1 Å². The van der Waals surface area contributed by atoms with Gasteiger partial charge in [0.15, 0.2) is 0 Å². The lowest BCUT2D eigenvalue weighted by Gasteiger charge is -2.41. The van der Waals surface area contributed by atoms with Gasteiger partial charge in [-0.2, -0.15) is 0 Å². The van der Waals surface area contributed by atoms with E-state index in [-0.39, 0.29) is 17.5 Å². The van der Waals surface area contributed by atoms with E-state index in [2.05, 4.69) is 21.2 Å². The molecule has 2 nitrogen and oxygen atoms in total. The second-order valence-corrected chi connectivity index (χ2v) is 6.92. The highest BCUT2D eigenvalue weighted by Crippen LogP contribution is 2.37. The lowest BCUT2D eigenvalue weighted by molar-refractivity contribution is -0.127. The Morgan fingerprint density at radius 3 is 2.65 bits per heavy atom. The van der Waals surface area contributed by atoms with Crippen LogP contribution in [0, 0.1) is 5.82 Å². The minimum Gasteiger partial charge on any atom is -0.364 e. The molecule has 1 heterocycles. The second-order valence-electron chi connectivity index (χ2n) is 6.00. The van der Waals surface area contributed by atoms with Gasteiger partial charge in [-0.3, -0.25) is 0 Å². The molecule has 1 aliphatic carbocycles. The first-order chi connectivity index (χ1) is 9.69. The molecule has 0 amide bonds. The summed E-state index contributed by atoms with van der Waals surface area (Å²) < 4.78 is 21.3. The molecule has 1 saturated heterocycles. The monoisotopic (exact) mass is 341 g/mol.